The van der Waals surface area contributed by atoms with Crippen LogP contribution in [0.3, 0.4) is 0 Å². The maximum atomic E-state index is 12.8. The largest absolute Gasteiger partial charge is 0.391 e. The third-order valence-corrected chi connectivity index (χ3v) is 6.69. The third kappa shape index (κ3) is 4.08. The van der Waals surface area contributed by atoms with Gasteiger partial charge in [0.05, 0.1) is 28.1 Å². The van der Waals surface area contributed by atoms with E-state index in [4.69, 9.17) is 0 Å². The van der Waals surface area contributed by atoms with Crippen molar-refractivity contribution in [2.24, 2.45) is 7.05 Å². The van der Waals surface area contributed by atoms with Crippen molar-refractivity contribution in [3.63, 3.8) is 0 Å². The number of rotatable bonds is 5. The minimum atomic E-state index is -0.475. The van der Waals surface area contributed by atoms with Crippen molar-refractivity contribution in [2.75, 3.05) is 0 Å². The van der Waals surface area contributed by atoms with E-state index in [0.29, 0.717) is 12.1 Å². The molecule has 4 aromatic rings. The van der Waals surface area contributed by atoms with Crippen molar-refractivity contribution < 1.29 is 9.90 Å². The smallest absolute Gasteiger partial charge is 0.270 e. The minimum Gasteiger partial charge on any atom is -0.391 e. The van der Waals surface area contributed by atoms with Crippen LogP contribution in [0, 0.1) is 0 Å². The molecule has 1 aliphatic rings. The van der Waals surface area contributed by atoms with Gasteiger partial charge in [-0.15, -0.1) is 11.3 Å². The van der Waals surface area contributed by atoms with Crippen LogP contribution >= 0.6 is 11.3 Å². The Hall–Kier alpha value is -3.10. The van der Waals surface area contributed by atoms with Crippen LogP contribution < -0.4 is 5.32 Å². The summed E-state index contributed by atoms with van der Waals surface area (Å²) in [7, 11) is 1.88. The Bertz CT molecular complexity index is 1230. The van der Waals surface area contributed by atoms with Crippen molar-refractivity contribution in [2.45, 2.75) is 37.8 Å². The summed E-state index contributed by atoms with van der Waals surface area (Å²) in [6.45, 7) is 0. The first-order valence-corrected chi connectivity index (χ1v) is 11.3. The molecule has 31 heavy (non-hydrogen) atoms. The number of aliphatic hydroxyl groups is 1. The number of nitrogens with one attached hydrogen (secondary N) is 1. The Morgan fingerprint density at radius 3 is 2.87 bits per heavy atom. The molecular formula is C23H23N5O2S. The van der Waals surface area contributed by atoms with Gasteiger partial charge in [-0.3, -0.25) is 14.5 Å². The summed E-state index contributed by atoms with van der Waals surface area (Å²) in [5.74, 6) is -0.232. The van der Waals surface area contributed by atoms with E-state index in [1.165, 1.54) is 0 Å². The molecule has 4 aromatic heterocycles. The zero-order valence-electron chi connectivity index (χ0n) is 17.2. The van der Waals surface area contributed by atoms with Gasteiger partial charge in [-0.1, -0.05) is 6.07 Å². The van der Waals surface area contributed by atoms with E-state index in [-0.39, 0.29) is 11.9 Å². The van der Waals surface area contributed by atoms with Gasteiger partial charge in [0.15, 0.2) is 0 Å². The number of pyridine rings is 2. The molecule has 1 saturated carbocycles. The number of carbonyl (C=O) groups is 1. The zero-order valence-corrected chi connectivity index (χ0v) is 18.0. The number of carbonyl (C=O) groups excluding carboxylic acids is 1. The van der Waals surface area contributed by atoms with Crippen LogP contribution in [0.5, 0.6) is 0 Å². The molecule has 2 N–H and O–H groups in total. The Labute approximate surface area is 183 Å². The third-order valence-electron chi connectivity index (χ3n) is 5.71. The summed E-state index contributed by atoms with van der Waals surface area (Å²) in [4.78, 5) is 21.9. The summed E-state index contributed by atoms with van der Waals surface area (Å²) in [5.41, 5.74) is 4.97. The van der Waals surface area contributed by atoms with Crippen LogP contribution in [0.2, 0.25) is 0 Å². The number of nitrogens with zero attached hydrogens (tertiary/aromatic N) is 4. The lowest BCUT2D eigenvalue weighted by molar-refractivity contribution is 0.0868. The molecule has 0 spiro atoms. The van der Waals surface area contributed by atoms with Crippen molar-refractivity contribution in [3.05, 3.63) is 64.9 Å². The van der Waals surface area contributed by atoms with E-state index < -0.39 is 6.10 Å². The average molecular weight is 434 g/mol. The Morgan fingerprint density at radius 1 is 1.26 bits per heavy atom. The Kier molecular flexibility index (Phi) is 5.25. The summed E-state index contributed by atoms with van der Waals surface area (Å²) in [5, 5.41) is 19.4. The fourth-order valence-corrected chi connectivity index (χ4v) is 4.92. The molecule has 5 rings (SSSR count). The topological polar surface area (TPSA) is 92.9 Å². The highest BCUT2D eigenvalue weighted by Gasteiger charge is 2.27. The first kappa shape index (κ1) is 19.8. The molecular weight excluding hydrogens is 410 g/mol. The molecule has 0 radical (unpaired) electrons. The van der Waals surface area contributed by atoms with Crippen LogP contribution in [0.1, 0.15) is 40.9 Å². The van der Waals surface area contributed by atoms with Crippen LogP contribution in [0.15, 0.2) is 48.1 Å². The molecule has 8 heteroatoms. The van der Waals surface area contributed by atoms with Crippen molar-refractivity contribution in [3.8, 4) is 11.4 Å². The van der Waals surface area contributed by atoms with E-state index >= 15 is 0 Å². The molecule has 1 fully saturated rings. The standard InChI is InChI=1S/C23H23N5O2S/c1-28-9-7-17(27-28)16-6-5-14(13-24-16)11-15-12-20(25-19-8-10-31-22(15)19)23(30)26-18-3-2-4-21(18)29/h5-10,12-13,18,21,29H,2-4,11H2,1H3,(H,26,30)/t18-,21-/m0/s1. The molecule has 0 unspecified atom stereocenters. The average Bonchev–Trinajstić information content (AvgIpc) is 3.50. The molecule has 1 aliphatic carbocycles. The van der Waals surface area contributed by atoms with Gasteiger partial charge in [0.2, 0.25) is 0 Å². The zero-order chi connectivity index (χ0) is 21.4. The summed E-state index contributed by atoms with van der Waals surface area (Å²) in [6.07, 6.45) is 6.39. The second-order valence-electron chi connectivity index (χ2n) is 7.98. The highest BCUT2D eigenvalue weighted by molar-refractivity contribution is 7.17. The summed E-state index contributed by atoms with van der Waals surface area (Å²) >= 11 is 1.62. The maximum Gasteiger partial charge on any atom is 0.270 e. The molecule has 0 saturated heterocycles. The predicted molar refractivity (Wildman–Crippen MR) is 120 cm³/mol. The van der Waals surface area contributed by atoms with Gasteiger partial charge in [-0.2, -0.15) is 5.10 Å². The number of fused-ring (bicyclic) bond motifs is 1. The normalized spacial score (nSPS) is 18.5. The lowest BCUT2D eigenvalue weighted by Gasteiger charge is -2.16. The van der Waals surface area contributed by atoms with Crippen LogP contribution in [0.4, 0.5) is 0 Å². The molecule has 0 bridgehead atoms. The predicted octanol–water partition coefficient (Wildman–Crippen LogP) is 3.33. The van der Waals surface area contributed by atoms with Crippen molar-refractivity contribution in [1.29, 1.82) is 0 Å². The fourth-order valence-electron chi connectivity index (χ4n) is 4.07. The van der Waals surface area contributed by atoms with Crippen LogP contribution in [-0.2, 0) is 13.5 Å². The SMILES string of the molecule is Cn1ccc(-c2ccc(Cc3cc(C(=O)N[C@H]4CCC[C@@H]4O)nc4ccsc34)cn2)n1. The first-order chi connectivity index (χ1) is 15.1. The molecule has 4 heterocycles. The number of aryl methyl sites for hydroxylation is 1. The van der Waals surface area contributed by atoms with Gasteiger partial charge >= 0.3 is 0 Å². The number of thiophene rings is 1. The van der Waals surface area contributed by atoms with E-state index in [9.17, 15) is 9.90 Å². The number of aromatic nitrogens is 4. The minimum absolute atomic E-state index is 0.195. The summed E-state index contributed by atoms with van der Waals surface area (Å²) in [6, 6.07) is 9.56. The van der Waals surface area contributed by atoms with E-state index in [2.05, 4.69) is 20.4 Å². The maximum absolute atomic E-state index is 12.8. The molecule has 0 aromatic carbocycles. The first-order valence-electron chi connectivity index (χ1n) is 10.4. The highest BCUT2D eigenvalue weighted by atomic mass is 32.1. The van der Waals surface area contributed by atoms with Gasteiger partial charge in [0.25, 0.3) is 5.91 Å². The lowest BCUT2D eigenvalue weighted by atomic mass is 10.0. The second kappa shape index (κ2) is 8.20. The molecule has 158 valence electrons. The Balaban J connectivity index is 1.40. The fraction of sp³-hybridized carbons (Fsp3) is 0.304. The highest BCUT2D eigenvalue weighted by Crippen LogP contribution is 2.27. The van der Waals surface area contributed by atoms with Gasteiger partial charge in [0.1, 0.15) is 11.4 Å². The van der Waals surface area contributed by atoms with E-state index in [0.717, 1.165) is 52.0 Å². The van der Waals surface area contributed by atoms with Gasteiger partial charge < -0.3 is 10.4 Å². The van der Waals surface area contributed by atoms with E-state index in [1.54, 1.807) is 16.0 Å². The van der Waals surface area contributed by atoms with Gasteiger partial charge in [-0.25, -0.2) is 4.98 Å². The number of aliphatic hydroxyl groups excluding tert-OH is 1. The molecule has 2 atom stereocenters. The van der Waals surface area contributed by atoms with Crippen molar-refractivity contribution in [1.82, 2.24) is 25.1 Å². The monoisotopic (exact) mass is 433 g/mol. The second-order valence-corrected chi connectivity index (χ2v) is 8.90. The van der Waals surface area contributed by atoms with E-state index in [1.807, 2.05) is 55.2 Å². The quantitative estimate of drug-likeness (QED) is 0.504. The lowest BCUT2D eigenvalue weighted by Crippen LogP contribution is -2.40. The number of hydrogen-bond acceptors (Lipinski definition) is 6. The van der Waals surface area contributed by atoms with Crippen molar-refractivity contribution >= 4 is 27.5 Å². The molecule has 1 amide bonds. The van der Waals surface area contributed by atoms with Crippen LogP contribution in [-0.4, -0.2) is 42.9 Å². The number of amides is 1. The molecule has 7 nitrogen and oxygen atoms in total. The van der Waals surface area contributed by atoms with Gasteiger partial charge in [0, 0.05) is 25.9 Å². The summed E-state index contributed by atoms with van der Waals surface area (Å²) < 4.78 is 2.83. The Morgan fingerprint density at radius 2 is 2.16 bits per heavy atom. The molecule has 0 aliphatic heterocycles. The number of hydrogen-bond donors (Lipinski definition) is 2. The van der Waals surface area contributed by atoms with Gasteiger partial charge in [-0.05, 0) is 60.0 Å². The van der Waals surface area contributed by atoms with Crippen LogP contribution in [0.25, 0.3) is 21.6 Å².